The van der Waals surface area contributed by atoms with E-state index in [-0.39, 0.29) is 0 Å². The number of hydrogen-bond acceptors (Lipinski definition) is 2. The van der Waals surface area contributed by atoms with E-state index in [4.69, 9.17) is 11.6 Å². The highest BCUT2D eigenvalue weighted by molar-refractivity contribution is 9.10. The van der Waals surface area contributed by atoms with Gasteiger partial charge in [-0.05, 0) is 62.2 Å². The Labute approximate surface area is 122 Å². The van der Waals surface area contributed by atoms with Crippen LogP contribution in [0.5, 0.6) is 0 Å². The highest BCUT2D eigenvalue weighted by Gasteiger charge is 1.99. The highest BCUT2D eigenvalue weighted by atomic mass is 79.9. The van der Waals surface area contributed by atoms with E-state index in [1.165, 1.54) is 0 Å². The van der Waals surface area contributed by atoms with Crippen LogP contribution in [0.15, 0.2) is 45.5 Å². The third-order valence-corrected chi connectivity index (χ3v) is 3.88. The van der Waals surface area contributed by atoms with E-state index in [1.54, 1.807) is 6.20 Å². The lowest BCUT2D eigenvalue weighted by Crippen LogP contribution is -2.01. The molecule has 0 atom stereocenters. The highest BCUT2D eigenvalue weighted by Crippen LogP contribution is 2.25. The van der Waals surface area contributed by atoms with Gasteiger partial charge in [0.1, 0.15) is 0 Å². The number of benzene rings is 1. The maximum Gasteiger partial charge on any atom is 0.0595 e. The van der Waals surface area contributed by atoms with Gasteiger partial charge in [0.05, 0.1) is 17.3 Å². The summed E-state index contributed by atoms with van der Waals surface area (Å²) in [7, 11) is 0. The van der Waals surface area contributed by atoms with Gasteiger partial charge < -0.3 is 5.32 Å². The van der Waals surface area contributed by atoms with Crippen LogP contribution in [0.1, 0.15) is 5.69 Å². The largest absolute Gasteiger partial charge is 0.379 e. The number of rotatable bonds is 3. The molecule has 1 heterocycles. The third kappa shape index (κ3) is 3.69. The van der Waals surface area contributed by atoms with Crippen molar-refractivity contribution in [3.05, 3.63) is 56.2 Å². The first-order chi connectivity index (χ1) is 8.15. The first-order valence-electron chi connectivity index (χ1n) is 4.94. The maximum atomic E-state index is 6.01. The number of pyridine rings is 1. The van der Waals surface area contributed by atoms with E-state index < -0.39 is 0 Å². The summed E-state index contributed by atoms with van der Waals surface area (Å²) in [6.45, 7) is 0.672. The van der Waals surface area contributed by atoms with E-state index in [9.17, 15) is 0 Å². The first-order valence-corrected chi connectivity index (χ1v) is 6.91. The summed E-state index contributed by atoms with van der Waals surface area (Å²) < 4.78 is 1.87. The summed E-state index contributed by atoms with van der Waals surface area (Å²) >= 11 is 12.7. The van der Waals surface area contributed by atoms with Gasteiger partial charge in [-0.1, -0.05) is 11.6 Å². The molecule has 0 saturated heterocycles. The minimum Gasteiger partial charge on any atom is -0.379 e. The average molecular weight is 376 g/mol. The molecule has 0 aliphatic rings. The fourth-order valence-electron chi connectivity index (χ4n) is 1.31. The molecule has 1 aromatic carbocycles. The van der Waals surface area contributed by atoms with Crippen molar-refractivity contribution in [2.45, 2.75) is 6.54 Å². The van der Waals surface area contributed by atoms with Crippen LogP contribution in [0.3, 0.4) is 0 Å². The van der Waals surface area contributed by atoms with E-state index in [0.29, 0.717) is 11.6 Å². The van der Waals surface area contributed by atoms with Crippen LogP contribution < -0.4 is 5.32 Å². The number of nitrogens with zero attached hydrogens (tertiary/aromatic N) is 1. The summed E-state index contributed by atoms with van der Waals surface area (Å²) in [5, 5.41) is 3.96. The van der Waals surface area contributed by atoms with Gasteiger partial charge in [0.2, 0.25) is 0 Å². The predicted octanol–water partition coefficient (Wildman–Crippen LogP) is 4.87. The standard InChI is InChI=1S/C12H9Br2ClN2/c13-8-1-2-10(16-6-8)7-17-9-3-4-11(14)12(15)5-9/h1-6,17H,7H2. The second-order valence-corrected chi connectivity index (χ2v) is 5.63. The Bertz CT molecular complexity index is 514. The molecule has 5 heteroatoms. The van der Waals surface area contributed by atoms with Crippen LogP contribution in [-0.2, 0) is 6.54 Å². The van der Waals surface area contributed by atoms with Gasteiger partial charge in [-0.3, -0.25) is 4.98 Å². The molecule has 0 radical (unpaired) electrons. The number of nitrogens with one attached hydrogen (secondary N) is 1. The Balaban J connectivity index is 2.02. The molecule has 1 aromatic heterocycles. The lowest BCUT2D eigenvalue weighted by Gasteiger charge is -2.07. The summed E-state index contributed by atoms with van der Waals surface area (Å²) in [5.74, 6) is 0. The van der Waals surface area contributed by atoms with Crippen molar-refractivity contribution in [1.82, 2.24) is 4.98 Å². The van der Waals surface area contributed by atoms with Crippen molar-refractivity contribution < 1.29 is 0 Å². The Kier molecular flexibility index (Phi) is 4.42. The van der Waals surface area contributed by atoms with Crippen LogP contribution in [0, 0.1) is 0 Å². The number of hydrogen-bond donors (Lipinski definition) is 1. The zero-order chi connectivity index (χ0) is 12.3. The van der Waals surface area contributed by atoms with Crippen LogP contribution in [0.25, 0.3) is 0 Å². The number of anilines is 1. The zero-order valence-electron chi connectivity index (χ0n) is 8.75. The lowest BCUT2D eigenvalue weighted by molar-refractivity contribution is 1.04. The average Bonchev–Trinajstić information content (AvgIpc) is 2.33. The van der Waals surface area contributed by atoms with Gasteiger partial charge in [0, 0.05) is 20.8 Å². The molecule has 0 amide bonds. The van der Waals surface area contributed by atoms with Crippen LogP contribution in [0.2, 0.25) is 5.02 Å². The summed E-state index contributed by atoms with van der Waals surface area (Å²) in [6, 6.07) is 9.70. The molecule has 0 spiro atoms. The summed E-state index contributed by atoms with van der Waals surface area (Å²) in [5.41, 5.74) is 1.95. The predicted molar refractivity (Wildman–Crippen MR) is 78.4 cm³/mol. The Hall–Kier alpha value is -0.580. The summed E-state index contributed by atoms with van der Waals surface area (Å²) in [4.78, 5) is 4.28. The fourth-order valence-corrected chi connectivity index (χ4v) is 1.97. The smallest absolute Gasteiger partial charge is 0.0595 e. The Morgan fingerprint density at radius 2 is 2.00 bits per heavy atom. The minimum atomic E-state index is 0.672. The van der Waals surface area contributed by atoms with Crippen LogP contribution in [0.4, 0.5) is 5.69 Å². The second kappa shape index (κ2) is 5.85. The van der Waals surface area contributed by atoms with E-state index in [2.05, 4.69) is 42.2 Å². The van der Waals surface area contributed by atoms with E-state index >= 15 is 0 Å². The zero-order valence-corrected chi connectivity index (χ0v) is 12.7. The molecule has 17 heavy (non-hydrogen) atoms. The topological polar surface area (TPSA) is 24.9 Å². The molecule has 0 fully saturated rings. The SMILES string of the molecule is Clc1cc(NCc2ccc(Br)cn2)ccc1Br. The van der Waals surface area contributed by atoms with Gasteiger partial charge in [0.15, 0.2) is 0 Å². The molecule has 88 valence electrons. The molecule has 2 aromatic rings. The van der Waals surface area contributed by atoms with Crippen molar-refractivity contribution in [3.8, 4) is 0 Å². The second-order valence-electron chi connectivity index (χ2n) is 3.45. The number of halogens is 3. The van der Waals surface area contributed by atoms with Crippen molar-refractivity contribution in [2.24, 2.45) is 0 Å². The molecule has 0 saturated carbocycles. The third-order valence-electron chi connectivity index (χ3n) is 2.18. The molecule has 0 aliphatic carbocycles. The van der Waals surface area contributed by atoms with Crippen molar-refractivity contribution in [1.29, 1.82) is 0 Å². The number of aromatic nitrogens is 1. The van der Waals surface area contributed by atoms with Gasteiger partial charge in [-0.25, -0.2) is 0 Å². The first kappa shape index (κ1) is 12.9. The molecule has 2 nitrogen and oxygen atoms in total. The fraction of sp³-hybridized carbons (Fsp3) is 0.0833. The van der Waals surface area contributed by atoms with Gasteiger partial charge in [-0.15, -0.1) is 0 Å². The van der Waals surface area contributed by atoms with Gasteiger partial charge in [-0.2, -0.15) is 0 Å². The van der Waals surface area contributed by atoms with Gasteiger partial charge in [0.25, 0.3) is 0 Å². The van der Waals surface area contributed by atoms with Gasteiger partial charge >= 0.3 is 0 Å². The quantitative estimate of drug-likeness (QED) is 0.826. The molecule has 0 unspecified atom stereocenters. The Morgan fingerprint density at radius 3 is 2.65 bits per heavy atom. The lowest BCUT2D eigenvalue weighted by atomic mass is 10.3. The molecule has 0 bridgehead atoms. The van der Waals surface area contributed by atoms with Crippen molar-refractivity contribution >= 4 is 49.1 Å². The molecule has 2 rings (SSSR count). The molecule has 1 N–H and O–H groups in total. The maximum absolute atomic E-state index is 6.01. The molecule has 0 aliphatic heterocycles. The Morgan fingerprint density at radius 1 is 1.18 bits per heavy atom. The monoisotopic (exact) mass is 374 g/mol. The van der Waals surface area contributed by atoms with E-state index in [1.807, 2.05) is 30.3 Å². The molecular formula is C12H9Br2ClN2. The van der Waals surface area contributed by atoms with E-state index in [0.717, 1.165) is 20.3 Å². The normalized spacial score (nSPS) is 10.3. The van der Waals surface area contributed by atoms with Crippen molar-refractivity contribution in [3.63, 3.8) is 0 Å². The van der Waals surface area contributed by atoms with Crippen molar-refractivity contribution in [2.75, 3.05) is 5.32 Å². The minimum absolute atomic E-state index is 0.672. The summed E-state index contributed by atoms with van der Waals surface area (Å²) in [6.07, 6.45) is 1.78. The molecular weight excluding hydrogens is 367 g/mol. The van der Waals surface area contributed by atoms with Crippen LogP contribution in [-0.4, -0.2) is 4.98 Å². The van der Waals surface area contributed by atoms with Crippen LogP contribution >= 0.6 is 43.5 Å².